The van der Waals surface area contributed by atoms with Crippen LogP contribution in [0.5, 0.6) is 0 Å². The van der Waals surface area contributed by atoms with Crippen molar-refractivity contribution in [2.45, 2.75) is 26.2 Å². The monoisotopic (exact) mass is 367 g/mol. The number of aromatic amines is 1. The van der Waals surface area contributed by atoms with Crippen molar-refractivity contribution in [3.63, 3.8) is 0 Å². The Morgan fingerprint density at radius 2 is 2.00 bits per heavy atom. The maximum absolute atomic E-state index is 13.1. The SMILES string of the molecule is Cn1[nH]c(=O)c2c1NC1=C(C(=O)C(C)(C)C1)C2c1ccc2nsnc2c1. The highest BCUT2D eigenvalue weighted by Crippen LogP contribution is 2.50. The molecule has 26 heavy (non-hydrogen) atoms. The third-order valence-corrected chi connectivity index (χ3v) is 5.92. The number of nitrogens with one attached hydrogen (secondary N) is 2. The molecule has 0 saturated carbocycles. The van der Waals surface area contributed by atoms with Crippen molar-refractivity contribution in [3.8, 4) is 0 Å². The van der Waals surface area contributed by atoms with Gasteiger partial charge in [0.05, 0.1) is 17.3 Å². The van der Waals surface area contributed by atoms with Gasteiger partial charge in [-0.2, -0.15) is 8.75 Å². The van der Waals surface area contributed by atoms with Crippen LogP contribution < -0.4 is 10.9 Å². The lowest BCUT2D eigenvalue weighted by atomic mass is 9.79. The number of benzene rings is 1. The smallest absolute Gasteiger partial charge is 0.270 e. The first-order valence-electron chi connectivity index (χ1n) is 8.43. The van der Waals surface area contributed by atoms with Crippen molar-refractivity contribution < 1.29 is 4.79 Å². The zero-order chi connectivity index (χ0) is 18.2. The standard InChI is InChI=1S/C18H17N5O2S/c1-18(2)7-11-13(15(18)24)12(14-16(19-11)23(3)20-17(14)25)8-4-5-9-10(6-8)22-26-21-9/h4-6,12,19H,7H2,1-3H3,(H,20,25). The van der Waals surface area contributed by atoms with Crippen LogP contribution in [0.2, 0.25) is 0 Å². The van der Waals surface area contributed by atoms with E-state index in [1.54, 1.807) is 11.7 Å². The lowest BCUT2D eigenvalue weighted by molar-refractivity contribution is -0.122. The molecule has 0 bridgehead atoms. The number of hydrogen-bond acceptors (Lipinski definition) is 6. The molecule has 0 radical (unpaired) electrons. The van der Waals surface area contributed by atoms with E-state index in [1.807, 2.05) is 32.0 Å². The van der Waals surface area contributed by atoms with E-state index in [0.717, 1.165) is 39.8 Å². The van der Waals surface area contributed by atoms with Crippen LogP contribution in [0.25, 0.3) is 11.0 Å². The number of carbonyl (C=O) groups is 1. The van der Waals surface area contributed by atoms with Gasteiger partial charge in [-0.05, 0) is 17.7 Å². The molecule has 2 aliphatic rings. The molecule has 7 nitrogen and oxygen atoms in total. The van der Waals surface area contributed by atoms with Crippen molar-refractivity contribution in [1.29, 1.82) is 0 Å². The summed E-state index contributed by atoms with van der Waals surface area (Å²) >= 11 is 1.16. The van der Waals surface area contributed by atoms with Crippen molar-refractivity contribution in [3.05, 3.63) is 50.9 Å². The van der Waals surface area contributed by atoms with Crippen molar-refractivity contribution in [2.24, 2.45) is 12.5 Å². The Morgan fingerprint density at radius 3 is 2.81 bits per heavy atom. The van der Waals surface area contributed by atoms with E-state index in [0.29, 0.717) is 17.6 Å². The number of aryl methyl sites for hydroxylation is 1. The van der Waals surface area contributed by atoms with Crippen LogP contribution in [0.4, 0.5) is 5.82 Å². The first-order chi connectivity index (χ1) is 12.4. The van der Waals surface area contributed by atoms with Gasteiger partial charge in [-0.15, -0.1) is 0 Å². The van der Waals surface area contributed by atoms with E-state index in [9.17, 15) is 9.59 Å². The van der Waals surface area contributed by atoms with Crippen LogP contribution in [-0.4, -0.2) is 24.3 Å². The van der Waals surface area contributed by atoms with Gasteiger partial charge in [0.25, 0.3) is 5.56 Å². The second-order valence-corrected chi connectivity index (χ2v) is 8.14. The van der Waals surface area contributed by atoms with E-state index in [4.69, 9.17) is 0 Å². The molecule has 1 aromatic carbocycles. The highest BCUT2D eigenvalue weighted by atomic mass is 32.1. The summed E-state index contributed by atoms with van der Waals surface area (Å²) in [5.41, 5.74) is 4.03. The van der Waals surface area contributed by atoms with Crippen molar-refractivity contribution in [1.82, 2.24) is 18.5 Å². The number of fused-ring (bicyclic) bond motifs is 2. The number of carbonyl (C=O) groups excluding carboxylic acids is 1. The molecule has 8 heteroatoms. The fraction of sp³-hybridized carbons (Fsp3) is 0.333. The molecule has 0 spiro atoms. The largest absolute Gasteiger partial charge is 0.343 e. The number of rotatable bonds is 1. The van der Waals surface area contributed by atoms with Gasteiger partial charge in [0.15, 0.2) is 5.78 Å². The molecule has 0 fully saturated rings. The number of ketones is 1. The van der Waals surface area contributed by atoms with Crippen LogP contribution in [0.1, 0.15) is 37.3 Å². The molecule has 2 aromatic heterocycles. The molecule has 0 amide bonds. The number of nitrogens with zero attached hydrogens (tertiary/aromatic N) is 3. The maximum Gasteiger partial charge on any atom is 0.270 e. The van der Waals surface area contributed by atoms with Gasteiger partial charge in [0.2, 0.25) is 0 Å². The van der Waals surface area contributed by atoms with E-state index in [-0.39, 0.29) is 11.3 Å². The lowest BCUT2D eigenvalue weighted by Gasteiger charge is -2.25. The fourth-order valence-electron chi connectivity index (χ4n) is 4.11. The Hall–Kier alpha value is -2.74. The van der Waals surface area contributed by atoms with Crippen LogP contribution in [0.3, 0.4) is 0 Å². The van der Waals surface area contributed by atoms with Gasteiger partial charge in [-0.25, -0.2) is 0 Å². The minimum absolute atomic E-state index is 0.0930. The van der Waals surface area contributed by atoms with Gasteiger partial charge in [0, 0.05) is 36.1 Å². The number of hydrogen-bond donors (Lipinski definition) is 2. The minimum atomic E-state index is -0.475. The average Bonchev–Trinajstić information content (AvgIpc) is 3.22. The number of anilines is 1. The average molecular weight is 367 g/mol. The third-order valence-electron chi connectivity index (χ3n) is 5.37. The predicted octanol–water partition coefficient (Wildman–Crippen LogP) is 2.53. The van der Waals surface area contributed by atoms with E-state index < -0.39 is 11.3 Å². The minimum Gasteiger partial charge on any atom is -0.343 e. The fourth-order valence-corrected chi connectivity index (χ4v) is 4.63. The van der Waals surface area contributed by atoms with Crippen LogP contribution in [0, 0.1) is 5.41 Å². The van der Waals surface area contributed by atoms with Gasteiger partial charge in [0.1, 0.15) is 16.9 Å². The van der Waals surface area contributed by atoms with Crippen LogP contribution in [0.15, 0.2) is 34.3 Å². The summed E-state index contributed by atoms with van der Waals surface area (Å²) in [6.07, 6.45) is 0.636. The topological polar surface area (TPSA) is 92.7 Å². The Kier molecular flexibility index (Phi) is 2.93. The summed E-state index contributed by atoms with van der Waals surface area (Å²) in [4.78, 5) is 25.8. The molecular weight excluding hydrogens is 350 g/mol. The molecule has 2 N–H and O–H groups in total. The Bertz CT molecular complexity index is 1180. The first kappa shape index (κ1) is 15.5. The number of Topliss-reactive ketones (excluding diaryl/α,β-unsaturated/α-hetero) is 1. The summed E-state index contributed by atoms with van der Waals surface area (Å²) in [6, 6.07) is 5.78. The third kappa shape index (κ3) is 1.93. The summed E-state index contributed by atoms with van der Waals surface area (Å²) in [7, 11) is 1.80. The normalized spacial score (nSPS) is 21.0. The van der Waals surface area contributed by atoms with Crippen molar-refractivity contribution >= 4 is 34.4 Å². The first-order valence-corrected chi connectivity index (χ1v) is 9.16. The molecule has 1 unspecified atom stereocenters. The predicted molar refractivity (Wildman–Crippen MR) is 99.3 cm³/mol. The van der Waals surface area contributed by atoms with Crippen LogP contribution >= 0.6 is 11.7 Å². The maximum atomic E-state index is 13.1. The highest BCUT2D eigenvalue weighted by Gasteiger charge is 2.47. The number of aromatic nitrogens is 4. The summed E-state index contributed by atoms with van der Waals surface area (Å²) in [5.74, 6) is 0.419. The molecule has 1 atom stereocenters. The molecule has 0 saturated heterocycles. The lowest BCUT2D eigenvalue weighted by Crippen LogP contribution is -2.26. The van der Waals surface area contributed by atoms with Crippen molar-refractivity contribution in [2.75, 3.05) is 5.32 Å². The van der Waals surface area contributed by atoms with Gasteiger partial charge >= 0.3 is 0 Å². The molecule has 1 aliphatic carbocycles. The Balaban J connectivity index is 1.79. The number of H-pyrrole nitrogens is 1. The second kappa shape index (κ2) is 4.91. The Labute approximate surface area is 153 Å². The summed E-state index contributed by atoms with van der Waals surface area (Å²) < 4.78 is 10.2. The second-order valence-electron chi connectivity index (χ2n) is 7.61. The summed E-state index contributed by atoms with van der Waals surface area (Å²) in [6.45, 7) is 3.91. The Morgan fingerprint density at radius 1 is 1.23 bits per heavy atom. The molecule has 3 aromatic rings. The summed E-state index contributed by atoms with van der Waals surface area (Å²) in [5, 5.41) is 6.14. The highest BCUT2D eigenvalue weighted by molar-refractivity contribution is 7.00. The molecule has 5 rings (SSSR count). The van der Waals surface area contributed by atoms with Gasteiger partial charge < -0.3 is 5.32 Å². The molecule has 3 heterocycles. The molecule has 132 valence electrons. The van der Waals surface area contributed by atoms with Crippen LogP contribution in [-0.2, 0) is 11.8 Å². The molecular formula is C18H17N5O2S. The van der Waals surface area contributed by atoms with Gasteiger partial charge in [-0.3, -0.25) is 19.4 Å². The van der Waals surface area contributed by atoms with E-state index >= 15 is 0 Å². The zero-order valence-corrected chi connectivity index (χ0v) is 15.4. The number of allylic oxidation sites excluding steroid dienone is 2. The van der Waals surface area contributed by atoms with E-state index in [2.05, 4.69) is 19.2 Å². The molecule has 1 aliphatic heterocycles. The quantitative estimate of drug-likeness (QED) is 0.689. The zero-order valence-electron chi connectivity index (χ0n) is 14.6. The van der Waals surface area contributed by atoms with E-state index in [1.165, 1.54) is 0 Å². The van der Waals surface area contributed by atoms with Gasteiger partial charge in [-0.1, -0.05) is 19.9 Å².